The smallest absolute Gasteiger partial charge is 0.330 e. The van der Waals surface area contributed by atoms with Crippen LogP contribution < -0.4 is 20.7 Å². The van der Waals surface area contributed by atoms with Crippen LogP contribution in [0.3, 0.4) is 0 Å². The fourth-order valence-corrected chi connectivity index (χ4v) is 8.49. The summed E-state index contributed by atoms with van der Waals surface area (Å²) in [5.74, 6) is 1.37. The molecule has 0 saturated carbocycles. The van der Waals surface area contributed by atoms with Gasteiger partial charge in [-0.1, -0.05) is 103 Å². The molecule has 0 bridgehead atoms. The first-order chi connectivity index (χ1) is 28.3. The lowest BCUT2D eigenvalue weighted by atomic mass is 9.80. The number of aliphatic hydroxyl groups is 1. The summed E-state index contributed by atoms with van der Waals surface area (Å²) in [4.78, 5) is 27.7. The zero-order valence-corrected chi connectivity index (χ0v) is 32.3. The SMILES string of the molecule is COc1ccc(C(OC[C@@H]2O[C@H](n3ccc(=O)[nH]c3=O)C(OCc3ccc4ccc5ccc(C)c6ccc3c4c56)C2O)(c2ccccc2)c2ccc(OC)cc2)cc1. The standard InChI is InChI=1S/C48H42N2O8/c1-29-9-10-30-11-12-31-13-14-32(39-24-23-38(29)42(30)43(31)39)27-56-45-44(52)40(58-46(45)50-26-25-41(51)49-47(50)53)28-57-48(33-7-5-4-6-8-33,34-15-19-36(54-2)20-16-34)35-17-21-37(55-3)22-18-35/h4-26,40,44-46,52H,27-28H2,1-3H3,(H,49,51,53)/t40-,44?,45?,46-/m0/s1. The van der Waals surface area contributed by atoms with E-state index in [1.807, 2.05) is 84.9 Å². The first kappa shape index (κ1) is 37.3. The van der Waals surface area contributed by atoms with Gasteiger partial charge in [-0.25, -0.2) is 4.79 Å². The summed E-state index contributed by atoms with van der Waals surface area (Å²) in [6.07, 6.45) is -2.96. The Kier molecular flexibility index (Phi) is 9.79. The molecule has 0 radical (unpaired) electrons. The summed E-state index contributed by atoms with van der Waals surface area (Å²) in [6.45, 7) is 2.13. The second kappa shape index (κ2) is 15.2. The second-order valence-electron chi connectivity index (χ2n) is 14.7. The van der Waals surface area contributed by atoms with Crippen molar-refractivity contribution in [3.63, 3.8) is 0 Å². The van der Waals surface area contributed by atoms with Crippen molar-refractivity contribution in [1.82, 2.24) is 9.55 Å². The van der Waals surface area contributed by atoms with E-state index in [-0.39, 0.29) is 13.2 Å². The molecule has 0 amide bonds. The molecule has 0 spiro atoms. The van der Waals surface area contributed by atoms with E-state index >= 15 is 0 Å². The number of aryl methyl sites for hydroxylation is 1. The quantitative estimate of drug-likeness (QED) is 0.0962. The molecule has 58 heavy (non-hydrogen) atoms. The number of hydrogen-bond acceptors (Lipinski definition) is 8. The molecule has 10 nitrogen and oxygen atoms in total. The van der Waals surface area contributed by atoms with Gasteiger partial charge in [-0.3, -0.25) is 14.3 Å². The monoisotopic (exact) mass is 774 g/mol. The molecule has 2 unspecified atom stereocenters. The summed E-state index contributed by atoms with van der Waals surface area (Å²) in [6, 6.07) is 43.4. The van der Waals surface area contributed by atoms with Gasteiger partial charge in [0.05, 0.1) is 27.4 Å². The van der Waals surface area contributed by atoms with E-state index < -0.39 is 41.4 Å². The van der Waals surface area contributed by atoms with E-state index in [1.165, 1.54) is 33.2 Å². The number of benzene rings is 7. The summed E-state index contributed by atoms with van der Waals surface area (Å²) in [5.41, 5.74) is 2.15. The van der Waals surface area contributed by atoms with Gasteiger partial charge >= 0.3 is 5.69 Å². The molecule has 8 aromatic rings. The van der Waals surface area contributed by atoms with Crippen molar-refractivity contribution in [1.29, 1.82) is 0 Å². The number of methoxy groups -OCH3 is 2. The number of aliphatic hydroxyl groups excluding tert-OH is 1. The van der Waals surface area contributed by atoms with Crippen LogP contribution in [0, 0.1) is 6.92 Å². The van der Waals surface area contributed by atoms with Crippen LogP contribution in [0.4, 0.5) is 0 Å². The molecular formula is C48H42N2O8. The highest BCUT2D eigenvalue weighted by Gasteiger charge is 2.48. The number of rotatable bonds is 12. The van der Waals surface area contributed by atoms with Crippen molar-refractivity contribution in [2.45, 2.75) is 43.7 Å². The lowest BCUT2D eigenvalue weighted by molar-refractivity contribution is -0.0991. The Balaban J connectivity index is 1.09. The van der Waals surface area contributed by atoms with Gasteiger partial charge in [0, 0.05) is 12.3 Å². The van der Waals surface area contributed by atoms with E-state index in [0.717, 1.165) is 43.8 Å². The molecule has 1 aliphatic rings. The topological polar surface area (TPSA) is 121 Å². The van der Waals surface area contributed by atoms with Crippen LogP contribution >= 0.6 is 0 Å². The van der Waals surface area contributed by atoms with Crippen LogP contribution in [0.2, 0.25) is 0 Å². The van der Waals surface area contributed by atoms with E-state index in [1.54, 1.807) is 14.2 Å². The summed E-state index contributed by atoms with van der Waals surface area (Å²) in [7, 11) is 3.23. The predicted octanol–water partition coefficient (Wildman–Crippen LogP) is 7.61. The lowest BCUT2D eigenvalue weighted by Crippen LogP contribution is -2.41. The molecule has 1 fully saturated rings. The number of hydrogen-bond donors (Lipinski definition) is 2. The number of nitrogens with one attached hydrogen (secondary N) is 1. The van der Waals surface area contributed by atoms with Gasteiger partial charge in [-0.15, -0.1) is 0 Å². The highest BCUT2D eigenvalue weighted by Crippen LogP contribution is 2.44. The average molecular weight is 775 g/mol. The van der Waals surface area contributed by atoms with Crippen LogP contribution in [0.1, 0.15) is 34.0 Å². The van der Waals surface area contributed by atoms with Crippen LogP contribution in [-0.4, -0.2) is 53.8 Å². The first-order valence-corrected chi connectivity index (χ1v) is 19.2. The van der Waals surface area contributed by atoms with Crippen LogP contribution in [-0.2, 0) is 26.4 Å². The molecule has 292 valence electrons. The molecule has 1 aromatic heterocycles. The van der Waals surface area contributed by atoms with Crippen molar-refractivity contribution in [2.24, 2.45) is 0 Å². The first-order valence-electron chi connectivity index (χ1n) is 19.2. The van der Waals surface area contributed by atoms with E-state index in [9.17, 15) is 14.7 Å². The van der Waals surface area contributed by atoms with Gasteiger partial charge in [0.25, 0.3) is 5.56 Å². The minimum Gasteiger partial charge on any atom is -0.497 e. The molecule has 2 heterocycles. The maximum Gasteiger partial charge on any atom is 0.330 e. The number of H-pyrrole nitrogens is 1. The van der Waals surface area contributed by atoms with Crippen molar-refractivity contribution >= 4 is 32.3 Å². The van der Waals surface area contributed by atoms with Crippen LogP contribution in [0.15, 0.2) is 149 Å². The Bertz CT molecular complexity index is 2790. The van der Waals surface area contributed by atoms with E-state index in [2.05, 4.69) is 54.4 Å². The third kappa shape index (κ3) is 6.40. The number of aromatic amines is 1. The van der Waals surface area contributed by atoms with Crippen molar-refractivity contribution < 1.29 is 28.8 Å². The Hall–Kier alpha value is -6.30. The van der Waals surface area contributed by atoms with Crippen LogP contribution in [0.25, 0.3) is 32.3 Å². The molecular weight excluding hydrogens is 733 g/mol. The summed E-state index contributed by atoms with van der Waals surface area (Å²) in [5, 5.41) is 19.0. The third-order valence-electron chi connectivity index (χ3n) is 11.5. The molecule has 2 N–H and O–H groups in total. The number of aromatic nitrogens is 2. The van der Waals surface area contributed by atoms with Crippen LogP contribution in [0.5, 0.6) is 11.5 Å². The summed E-state index contributed by atoms with van der Waals surface area (Å²) >= 11 is 0. The Morgan fingerprint density at radius 2 is 1.29 bits per heavy atom. The molecule has 1 saturated heterocycles. The minimum atomic E-state index is -1.24. The Morgan fingerprint density at radius 1 is 0.707 bits per heavy atom. The summed E-state index contributed by atoms with van der Waals surface area (Å²) < 4.78 is 32.5. The largest absolute Gasteiger partial charge is 0.497 e. The third-order valence-corrected chi connectivity index (χ3v) is 11.5. The minimum absolute atomic E-state index is 0.110. The van der Waals surface area contributed by atoms with Crippen molar-refractivity contribution in [3.8, 4) is 11.5 Å². The average Bonchev–Trinajstić information content (AvgIpc) is 3.57. The van der Waals surface area contributed by atoms with Gasteiger partial charge in [-0.05, 0) is 91.3 Å². The number of ether oxygens (including phenoxy) is 5. The highest BCUT2D eigenvalue weighted by molar-refractivity contribution is 6.24. The zero-order valence-electron chi connectivity index (χ0n) is 32.3. The maximum atomic E-state index is 13.3. The number of nitrogens with zero attached hydrogens (tertiary/aromatic N) is 1. The lowest BCUT2D eigenvalue weighted by Gasteiger charge is -2.37. The Morgan fingerprint density at radius 3 is 1.93 bits per heavy atom. The highest BCUT2D eigenvalue weighted by atomic mass is 16.6. The van der Waals surface area contributed by atoms with Gasteiger partial charge in [0.1, 0.15) is 35.4 Å². The van der Waals surface area contributed by atoms with Gasteiger partial charge < -0.3 is 28.8 Å². The van der Waals surface area contributed by atoms with Gasteiger partial charge in [-0.2, -0.15) is 0 Å². The van der Waals surface area contributed by atoms with E-state index in [4.69, 9.17) is 23.7 Å². The van der Waals surface area contributed by atoms with Gasteiger partial charge in [0.15, 0.2) is 6.23 Å². The molecule has 9 rings (SSSR count). The van der Waals surface area contributed by atoms with E-state index in [0.29, 0.717) is 11.5 Å². The normalized spacial score (nSPS) is 18.3. The molecule has 4 atom stereocenters. The molecule has 1 aliphatic heterocycles. The predicted molar refractivity (Wildman–Crippen MR) is 223 cm³/mol. The molecule has 0 aliphatic carbocycles. The molecule has 10 heteroatoms. The second-order valence-corrected chi connectivity index (χ2v) is 14.7. The zero-order chi connectivity index (χ0) is 40.0. The van der Waals surface area contributed by atoms with Crippen molar-refractivity contribution in [2.75, 3.05) is 20.8 Å². The van der Waals surface area contributed by atoms with Gasteiger partial charge in [0.2, 0.25) is 0 Å². The fourth-order valence-electron chi connectivity index (χ4n) is 8.49. The molecule has 7 aromatic carbocycles. The Labute approximate surface area is 334 Å². The maximum absolute atomic E-state index is 13.3. The van der Waals surface area contributed by atoms with Crippen molar-refractivity contribution in [3.05, 3.63) is 188 Å². The fraction of sp³-hybridized carbons (Fsp3) is 0.208.